The fraction of sp³-hybridized carbons (Fsp3) is 0.667. The largest absolute Gasteiger partial charge is 0.472 e. The van der Waals surface area contributed by atoms with E-state index in [0.717, 1.165) is 52.4 Å². The molecular weight excluding hydrogens is 204 g/mol. The van der Waals surface area contributed by atoms with Crippen LogP contribution in [0.4, 0.5) is 0 Å². The Balaban J connectivity index is 1.56. The molecule has 1 saturated heterocycles. The van der Waals surface area contributed by atoms with Crippen LogP contribution in [0.2, 0.25) is 0 Å². The SMILES string of the molecule is c1cc(CNCCN2CCCOCC2)co1. The van der Waals surface area contributed by atoms with Crippen LogP contribution >= 0.6 is 0 Å². The molecule has 0 aromatic carbocycles. The molecule has 16 heavy (non-hydrogen) atoms. The van der Waals surface area contributed by atoms with Crippen LogP contribution in [-0.4, -0.2) is 44.3 Å². The van der Waals surface area contributed by atoms with Crippen molar-refractivity contribution in [3.05, 3.63) is 24.2 Å². The Kier molecular flexibility index (Phi) is 4.86. The standard InChI is InChI=1S/C12H20N2O2/c1-4-14(6-9-15-7-1)5-3-13-10-12-2-8-16-11-12/h2,8,11,13H,1,3-7,9-10H2. The maximum Gasteiger partial charge on any atom is 0.0947 e. The summed E-state index contributed by atoms with van der Waals surface area (Å²) in [5, 5.41) is 3.41. The van der Waals surface area contributed by atoms with E-state index >= 15 is 0 Å². The summed E-state index contributed by atoms with van der Waals surface area (Å²) in [6.07, 6.45) is 4.65. The van der Waals surface area contributed by atoms with Crippen molar-refractivity contribution in [3.8, 4) is 0 Å². The Bertz CT molecular complexity index is 267. The third-order valence-electron chi connectivity index (χ3n) is 2.83. The van der Waals surface area contributed by atoms with E-state index in [1.165, 1.54) is 5.56 Å². The molecule has 1 aliphatic heterocycles. The molecule has 0 atom stereocenters. The van der Waals surface area contributed by atoms with Crippen molar-refractivity contribution in [2.24, 2.45) is 0 Å². The molecule has 4 heteroatoms. The zero-order valence-corrected chi connectivity index (χ0v) is 9.65. The number of hydrogen-bond donors (Lipinski definition) is 1. The van der Waals surface area contributed by atoms with Crippen LogP contribution in [0.15, 0.2) is 23.0 Å². The second-order valence-corrected chi connectivity index (χ2v) is 4.12. The zero-order valence-electron chi connectivity index (χ0n) is 9.65. The zero-order chi connectivity index (χ0) is 11.1. The summed E-state index contributed by atoms with van der Waals surface area (Å²) in [7, 11) is 0. The summed E-state index contributed by atoms with van der Waals surface area (Å²) in [5.41, 5.74) is 1.21. The fourth-order valence-corrected chi connectivity index (χ4v) is 1.88. The molecule has 1 aromatic rings. The summed E-state index contributed by atoms with van der Waals surface area (Å²) >= 11 is 0. The maximum atomic E-state index is 5.42. The Morgan fingerprint density at radius 2 is 2.31 bits per heavy atom. The Morgan fingerprint density at radius 1 is 1.31 bits per heavy atom. The molecular formula is C12H20N2O2. The van der Waals surface area contributed by atoms with Crippen LogP contribution in [0.1, 0.15) is 12.0 Å². The smallest absolute Gasteiger partial charge is 0.0947 e. The number of hydrogen-bond acceptors (Lipinski definition) is 4. The normalized spacial score (nSPS) is 18.5. The van der Waals surface area contributed by atoms with Gasteiger partial charge in [0.05, 0.1) is 19.1 Å². The summed E-state index contributed by atoms with van der Waals surface area (Å²) in [6, 6.07) is 1.99. The third-order valence-corrected chi connectivity index (χ3v) is 2.83. The van der Waals surface area contributed by atoms with Gasteiger partial charge in [0.1, 0.15) is 0 Å². The van der Waals surface area contributed by atoms with E-state index in [9.17, 15) is 0 Å². The molecule has 0 saturated carbocycles. The molecule has 0 spiro atoms. The number of rotatable bonds is 5. The highest BCUT2D eigenvalue weighted by molar-refractivity contribution is 5.04. The molecule has 2 rings (SSSR count). The Hall–Kier alpha value is -0.840. The van der Waals surface area contributed by atoms with E-state index in [1.807, 2.05) is 6.07 Å². The first kappa shape index (κ1) is 11.6. The topological polar surface area (TPSA) is 37.6 Å². The minimum Gasteiger partial charge on any atom is -0.472 e. The van der Waals surface area contributed by atoms with E-state index in [2.05, 4.69) is 10.2 Å². The molecule has 1 N–H and O–H groups in total. The molecule has 1 aromatic heterocycles. The first-order valence-electron chi connectivity index (χ1n) is 5.97. The van der Waals surface area contributed by atoms with Gasteiger partial charge in [-0.1, -0.05) is 0 Å². The third kappa shape index (κ3) is 3.96. The van der Waals surface area contributed by atoms with Crippen LogP contribution in [0, 0.1) is 0 Å². The van der Waals surface area contributed by atoms with Crippen molar-refractivity contribution < 1.29 is 9.15 Å². The van der Waals surface area contributed by atoms with Gasteiger partial charge in [0.25, 0.3) is 0 Å². The molecule has 0 radical (unpaired) electrons. The first-order chi connectivity index (χ1) is 7.95. The molecule has 1 fully saturated rings. The lowest BCUT2D eigenvalue weighted by molar-refractivity contribution is 0.141. The molecule has 0 aliphatic carbocycles. The highest BCUT2D eigenvalue weighted by Crippen LogP contribution is 1.99. The molecule has 0 bridgehead atoms. The highest BCUT2D eigenvalue weighted by atomic mass is 16.5. The minimum atomic E-state index is 0.877. The van der Waals surface area contributed by atoms with Crippen molar-refractivity contribution in [1.82, 2.24) is 10.2 Å². The summed E-state index contributed by atoms with van der Waals surface area (Å²) in [5.74, 6) is 0. The van der Waals surface area contributed by atoms with Gasteiger partial charge in [0.15, 0.2) is 0 Å². The lowest BCUT2D eigenvalue weighted by Gasteiger charge is -2.18. The lowest BCUT2D eigenvalue weighted by Crippen LogP contribution is -2.33. The van der Waals surface area contributed by atoms with Crippen molar-refractivity contribution in [2.75, 3.05) is 39.4 Å². The van der Waals surface area contributed by atoms with Crippen LogP contribution in [-0.2, 0) is 11.3 Å². The van der Waals surface area contributed by atoms with E-state index in [1.54, 1.807) is 12.5 Å². The minimum absolute atomic E-state index is 0.877. The second-order valence-electron chi connectivity index (χ2n) is 4.12. The van der Waals surface area contributed by atoms with Crippen molar-refractivity contribution in [2.45, 2.75) is 13.0 Å². The molecule has 0 amide bonds. The first-order valence-corrected chi connectivity index (χ1v) is 5.97. The van der Waals surface area contributed by atoms with E-state index in [4.69, 9.17) is 9.15 Å². The van der Waals surface area contributed by atoms with Gasteiger partial charge >= 0.3 is 0 Å². The summed E-state index contributed by atoms with van der Waals surface area (Å²) in [4.78, 5) is 2.45. The fourth-order valence-electron chi connectivity index (χ4n) is 1.88. The van der Waals surface area contributed by atoms with Gasteiger partial charge in [-0.3, -0.25) is 4.90 Å². The van der Waals surface area contributed by atoms with Gasteiger partial charge in [-0.05, 0) is 12.5 Å². The second kappa shape index (κ2) is 6.68. The molecule has 1 aliphatic rings. The van der Waals surface area contributed by atoms with Crippen molar-refractivity contribution in [3.63, 3.8) is 0 Å². The van der Waals surface area contributed by atoms with Crippen LogP contribution in [0.3, 0.4) is 0 Å². The van der Waals surface area contributed by atoms with Gasteiger partial charge in [-0.2, -0.15) is 0 Å². The predicted molar refractivity (Wildman–Crippen MR) is 62.3 cm³/mol. The van der Waals surface area contributed by atoms with Gasteiger partial charge < -0.3 is 14.5 Å². The van der Waals surface area contributed by atoms with Crippen LogP contribution in [0.25, 0.3) is 0 Å². The Labute approximate surface area is 96.6 Å². The number of nitrogens with one attached hydrogen (secondary N) is 1. The number of furan rings is 1. The van der Waals surface area contributed by atoms with E-state index in [0.29, 0.717) is 0 Å². The quantitative estimate of drug-likeness (QED) is 0.760. The van der Waals surface area contributed by atoms with Gasteiger partial charge in [0.2, 0.25) is 0 Å². The monoisotopic (exact) mass is 224 g/mol. The van der Waals surface area contributed by atoms with Crippen LogP contribution < -0.4 is 5.32 Å². The van der Waals surface area contributed by atoms with E-state index in [-0.39, 0.29) is 0 Å². The average molecular weight is 224 g/mol. The highest BCUT2D eigenvalue weighted by Gasteiger charge is 2.07. The molecule has 0 unspecified atom stereocenters. The lowest BCUT2D eigenvalue weighted by atomic mass is 10.3. The average Bonchev–Trinajstić information content (AvgIpc) is 2.68. The molecule has 4 nitrogen and oxygen atoms in total. The predicted octanol–water partition coefficient (Wildman–Crippen LogP) is 1.09. The van der Waals surface area contributed by atoms with Crippen LogP contribution in [0.5, 0.6) is 0 Å². The summed E-state index contributed by atoms with van der Waals surface area (Å²) < 4.78 is 10.4. The maximum absolute atomic E-state index is 5.42. The van der Waals surface area contributed by atoms with Gasteiger partial charge in [0, 0.05) is 44.9 Å². The summed E-state index contributed by atoms with van der Waals surface area (Å²) in [6.45, 7) is 7.02. The Morgan fingerprint density at radius 3 is 3.19 bits per heavy atom. The molecule has 90 valence electrons. The van der Waals surface area contributed by atoms with Crippen molar-refractivity contribution >= 4 is 0 Å². The van der Waals surface area contributed by atoms with Crippen molar-refractivity contribution in [1.29, 1.82) is 0 Å². The number of ether oxygens (including phenoxy) is 1. The number of nitrogens with zero attached hydrogens (tertiary/aromatic N) is 1. The van der Waals surface area contributed by atoms with Gasteiger partial charge in [-0.25, -0.2) is 0 Å². The van der Waals surface area contributed by atoms with Gasteiger partial charge in [-0.15, -0.1) is 0 Å². The van der Waals surface area contributed by atoms with E-state index < -0.39 is 0 Å². The molecule has 2 heterocycles.